The van der Waals surface area contributed by atoms with E-state index in [-0.39, 0.29) is 0 Å². The minimum absolute atomic E-state index is 0.448. The maximum atomic E-state index is 5.28. The number of hydrogen-bond donors (Lipinski definition) is 1. The number of hydrogen-bond acceptors (Lipinski definition) is 3. The highest BCUT2D eigenvalue weighted by atomic mass is 32.2. The van der Waals surface area contributed by atoms with Crippen LogP contribution in [0.3, 0.4) is 0 Å². The van der Waals surface area contributed by atoms with Crippen LogP contribution in [0.25, 0.3) is 0 Å². The van der Waals surface area contributed by atoms with Gasteiger partial charge in [0.15, 0.2) is 0 Å². The molecule has 0 aliphatic carbocycles. The van der Waals surface area contributed by atoms with E-state index in [4.69, 9.17) is 4.74 Å². The molecule has 2 aromatic rings. The second-order valence-corrected chi connectivity index (χ2v) is 6.26. The number of likely N-dealkylation sites (N-methyl/N-ethyl adjacent to an activating group) is 1. The van der Waals surface area contributed by atoms with Crippen molar-refractivity contribution in [1.29, 1.82) is 0 Å². The maximum absolute atomic E-state index is 5.28. The molecule has 1 atom stereocenters. The Kier molecular flexibility index (Phi) is 6.15. The largest absolute Gasteiger partial charge is 0.497 e. The van der Waals surface area contributed by atoms with E-state index in [0.717, 1.165) is 17.9 Å². The minimum Gasteiger partial charge on any atom is -0.497 e. The van der Waals surface area contributed by atoms with Crippen molar-refractivity contribution in [2.24, 2.45) is 0 Å². The van der Waals surface area contributed by atoms with E-state index in [2.05, 4.69) is 48.6 Å². The molecule has 0 bridgehead atoms. The second-order valence-electron chi connectivity index (χ2n) is 5.17. The molecule has 0 aliphatic rings. The Morgan fingerprint density at radius 3 is 2.57 bits per heavy atom. The Morgan fingerprint density at radius 2 is 1.90 bits per heavy atom. The smallest absolute Gasteiger partial charge is 0.119 e. The lowest BCUT2D eigenvalue weighted by atomic mass is 10.1. The third-order valence-corrected chi connectivity index (χ3v) is 4.67. The summed E-state index contributed by atoms with van der Waals surface area (Å²) in [6.07, 6.45) is 1.01. The average molecular weight is 301 g/mol. The fourth-order valence-electron chi connectivity index (χ4n) is 2.16. The third-order valence-electron chi connectivity index (χ3n) is 3.50. The first-order chi connectivity index (χ1) is 10.2. The first-order valence-corrected chi connectivity index (χ1v) is 8.19. The SMILES string of the molecule is CNC(CSc1ccc(C)cc1)Cc1cccc(OC)c1. The lowest BCUT2D eigenvalue weighted by Gasteiger charge is -2.16. The highest BCUT2D eigenvalue weighted by Crippen LogP contribution is 2.21. The average Bonchev–Trinajstić information content (AvgIpc) is 2.53. The van der Waals surface area contributed by atoms with Crippen molar-refractivity contribution in [3.8, 4) is 5.75 Å². The highest BCUT2D eigenvalue weighted by molar-refractivity contribution is 7.99. The summed E-state index contributed by atoms with van der Waals surface area (Å²) in [7, 11) is 3.74. The molecular formula is C18H23NOS. The van der Waals surface area contributed by atoms with E-state index in [1.54, 1.807) is 7.11 Å². The molecule has 0 aliphatic heterocycles. The fraction of sp³-hybridized carbons (Fsp3) is 0.333. The van der Waals surface area contributed by atoms with Crippen LogP contribution in [0.15, 0.2) is 53.4 Å². The topological polar surface area (TPSA) is 21.3 Å². The summed E-state index contributed by atoms with van der Waals surface area (Å²) >= 11 is 1.90. The molecule has 0 aromatic heterocycles. The monoisotopic (exact) mass is 301 g/mol. The van der Waals surface area contributed by atoms with Gasteiger partial charge in [0.05, 0.1) is 7.11 Å². The predicted octanol–water partition coefficient (Wildman–Crippen LogP) is 3.93. The minimum atomic E-state index is 0.448. The third kappa shape index (κ3) is 5.10. The molecule has 0 spiro atoms. The molecule has 0 amide bonds. The zero-order chi connectivity index (χ0) is 15.1. The van der Waals surface area contributed by atoms with Crippen LogP contribution in [-0.2, 0) is 6.42 Å². The predicted molar refractivity (Wildman–Crippen MR) is 91.4 cm³/mol. The molecule has 0 heterocycles. The molecule has 0 saturated carbocycles. The lowest BCUT2D eigenvalue weighted by Crippen LogP contribution is -2.30. The van der Waals surface area contributed by atoms with Gasteiger partial charge in [-0.3, -0.25) is 0 Å². The molecule has 1 unspecified atom stereocenters. The van der Waals surface area contributed by atoms with Crippen LogP contribution in [0, 0.1) is 6.92 Å². The van der Waals surface area contributed by atoms with Gasteiger partial charge in [-0.05, 0) is 50.2 Å². The summed E-state index contributed by atoms with van der Waals surface area (Å²) in [5.41, 5.74) is 2.61. The molecular weight excluding hydrogens is 278 g/mol. The van der Waals surface area contributed by atoms with E-state index >= 15 is 0 Å². The number of ether oxygens (including phenoxy) is 1. The van der Waals surface area contributed by atoms with Crippen molar-refractivity contribution in [2.45, 2.75) is 24.3 Å². The Hall–Kier alpha value is -1.45. The van der Waals surface area contributed by atoms with Gasteiger partial charge in [0, 0.05) is 16.7 Å². The van der Waals surface area contributed by atoms with Crippen molar-refractivity contribution in [2.75, 3.05) is 19.9 Å². The van der Waals surface area contributed by atoms with Crippen molar-refractivity contribution in [3.63, 3.8) is 0 Å². The van der Waals surface area contributed by atoms with Crippen molar-refractivity contribution in [3.05, 3.63) is 59.7 Å². The van der Waals surface area contributed by atoms with E-state index in [1.165, 1.54) is 16.0 Å². The molecule has 112 valence electrons. The standard InChI is InChI=1S/C18H23NOS/c1-14-7-9-18(10-8-14)21-13-16(19-2)11-15-5-4-6-17(12-15)20-3/h4-10,12,16,19H,11,13H2,1-3H3. The molecule has 0 radical (unpaired) electrons. The van der Waals surface area contributed by atoms with Crippen LogP contribution in [0.2, 0.25) is 0 Å². The van der Waals surface area contributed by atoms with Gasteiger partial charge in [0.1, 0.15) is 5.75 Å². The summed E-state index contributed by atoms with van der Waals surface area (Å²) < 4.78 is 5.28. The van der Waals surface area contributed by atoms with Crippen LogP contribution in [0.1, 0.15) is 11.1 Å². The van der Waals surface area contributed by atoms with Crippen LogP contribution >= 0.6 is 11.8 Å². The van der Waals surface area contributed by atoms with Crippen LogP contribution in [0.5, 0.6) is 5.75 Å². The van der Waals surface area contributed by atoms with Gasteiger partial charge in [-0.2, -0.15) is 0 Å². The second kappa shape index (κ2) is 8.11. The number of nitrogens with one attached hydrogen (secondary N) is 1. The van der Waals surface area contributed by atoms with Crippen molar-refractivity contribution >= 4 is 11.8 Å². The fourth-order valence-corrected chi connectivity index (χ4v) is 3.17. The zero-order valence-electron chi connectivity index (χ0n) is 12.9. The maximum Gasteiger partial charge on any atom is 0.119 e. The van der Waals surface area contributed by atoms with Crippen molar-refractivity contribution in [1.82, 2.24) is 5.32 Å². The summed E-state index contributed by atoms with van der Waals surface area (Å²) in [6.45, 7) is 2.12. The Balaban J connectivity index is 1.91. The lowest BCUT2D eigenvalue weighted by molar-refractivity contribution is 0.414. The van der Waals surface area contributed by atoms with Crippen LogP contribution < -0.4 is 10.1 Å². The molecule has 1 N–H and O–H groups in total. The van der Waals surface area contributed by atoms with Crippen molar-refractivity contribution < 1.29 is 4.74 Å². The van der Waals surface area contributed by atoms with Gasteiger partial charge < -0.3 is 10.1 Å². The molecule has 0 fully saturated rings. The highest BCUT2D eigenvalue weighted by Gasteiger charge is 2.09. The number of rotatable bonds is 7. The number of benzene rings is 2. The number of aryl methyl sites for hydroxylation is 1. The van der Waals surface area contributed by atoms with Crippen LogP contribution in [-0.4, -0.2) is 26.0 Å². The molecule has 21 heavy (non-hydrogen) atoms. The van der Waals surface area contributed by atoms with E-state index < -0.39 is 0 Å². The number of methoxy groups -OCH3 is 1. The van der Waals surface area contributed by atoms with Gasteiger partial charge in [-0.1, -0.05) is 29.8 Å². The van der Waals surface area contributed by atoms with Gasteiger partial charge in [0.2, 0.25) is 0 Å². The van der Waals surface area contributed by atoms with Crippen LogP contribution in [0.4, 0.5) is 0 Å². The quantitative estimate of drug-likeness (QED) is 0.783. The molecule has 0 saturated heterocycles. The van der Waals surface area contributed by atoms with Gasteiger partial charge in [0.25, 0.3) is 0 Å². The zero-order valence-corrected chi connectivity index (χ0v) is 13.7. The molecule has 2 aromatic carbocycles. The van der Waals surface area contributed by atoms with E-state index in [9.17, 15) is 0 Å². The first-order valence-electron chi connectivity index (χ1n) is 7.21. The Labute approximate surface area is 131 Å². The number of thioether (sulfide) groups is 1. The first kappa shape index (κ1) is 15.9. The van der Waals surface area contributed by atoms with E-state index in [1.807, 2.05) is 30.9 Å². The van der Waals surface area contributed by atoms with Gasteiger partial charge >= 0.3 is 0 Å². The summed E-state index contributed by atoms with van der Waals surface area (Å²) in [5, 5.41) is 3.41. The Bertz CT molecular complexity index is 553. The molecule has 2 nitrogen and oxygen atoms in total. The molecule has 2 rings (SSSR count). The Morgan fingerprint density at radius 1 is 1.14 bits per heavy atom. The summed E-state index contributed by atoms with van der Waals surface area (Å²) in [5.74, 6) is 1.98. The van der Waals surface area contributed by atoms with Gasteiger partial charge in [-0.15, -0.1) is 11.8 Å². The summed E-state index contributed by atoms with van der Waals surface area (Å²) in [4.78, 5) is 1.33. The summed E-state index contributed by atoms with van der Waals surface area (Å²) in [6, 6.07) is 17.5. The normalized spacial score (nSPS) is 12.1. The van der Waals surface area contributed by atoms with Gasteiger partial charge in [-0.25, -0.2) is 0 Å². The molecule has 3 heteroatoms. The van der Waals surface area contributed by atoms with E-state index in [0.29, 0.717) is 6.04 Å².